The highest BCUT2D eigenvalue weighted by Crippen LogP contribution is 2.29. The van der Waals surface area contributed by atoms with Gasteiger partial charge in [-0.15, -0.1) is 16.4 Å². The zero-order valence-corrected chi connectivity index (χ0v) is 17.4. The largest absolute Gasteiger partial charge is 0.452 e. The molecule has 1 N–H and O–H groups in total. The van der Waals surface area contributed by atoms with Crippen LogP contribution in [0.5, 0.6) is 0 Å². The molecule has 0 radical (unpaired) electrons. The Labute approximate surface area is 179 Å². The first-order valence-corrected chi connectivity index (χ1v) is 10.0. The Balaban J connectivity index is 1.53. The molecular weight excluding hydrogens is 441 g/mol. The third-order valence-electron chi connectivity index (χ3n) is 3.75. The van der Waals surface area contributed by atoms with E-state index in [2.05, 4.69) is 10.4 Å². The molecule has 1 aromatic carbocycles. The number of thiophene rings is 1. The molecule has 0 bridgehead atoms. The van der Waals surface area contributed by atoms with Crippen LogP contribution in [0.3, 0.4) is 0 Å². The molecule has 0 aliphatic carbocycles. The van der Waals surface area contributed by atoms with Gasteiger partial charge in [0, 0.05) is 0 Å². The molecule has 3 rings (SSSR count). The first-order valence-electron chi connectivity index (χ1n) is 8.41. The van der Waals surface area contributed by atoms with Crippen LogP contribution in [0.15, 0.2) is 44.9 Å². The number of nitrogens with zero attached hydrogens (tertiary/aromatic N) is 2. The summed E-state index contributed by atoms with van der Waals surface area (Å²) in [5, 5.41) is 8.89. The highest BCUT2D eigenvalue weighted by Gasteiger charge is 2.20. The van der Waals surface area contributed by atoms with E-state index in [1.54, 1.807) is 30.3 Å². The van der Waals surface area contributed by atoms with Crippen LogP contribution in [0, 0.1) is 0 Å². The fourth-order valence-electron chi connectivity index (χ4n) is 2.29. The number of ether oxygens (including phenoxy) is 1. The lowest BCUT2D eigenvalue weighted by Gasteiger charge is -2.14. The topological polar surface area (TPSA) is 103 Å². The number of benzene rings is 1. The lowest BCUT2D eigenvalue weighted by Crippen LogP contribution is -2.30. The lowest BCUT2D eigenvalue weighted by molar-refractivity contribution is -0.153. The summed E-state index contributed by atoms with van der Waals surface area (Å²) in [4.78, 5) is 36.8. The molecule has 0 spiro atoms. The summed E-state index contributed by atoms with van der Waals surface area (Å²) in [6.07, 6.45) is -1.24. The minimum absolute atomic E-state index is 0.0407. The van der Waals surface area contributed by atoms with Gasteiger partial charge < -0.3 is 14.5 Å². The van der Waals surface area contributed by atoms with Crippen molar-refractivity contribution in [1.82, 2.24) is 9.78 Å². The van der Waals surface area contributed by atoms with Gasteiger partial charge in [0.25, 0.3) is 11.8 Å². The van der Waals surface area contributed by atoms with E-state index in [1.807, 2.05) is 5.38 Å². The summed E-state index contributed by atoms with van der Waals surface area (Å²) in [7, 11) is 0. The highest BCUT2D eigenvalue weighted by molar-refractivity contribution is 7.13. The van der Waals surface area contributed by atoms with Crippen molar-refractivity contribution >= 4 is 52.1 Å². The number of esters is 1. The quantitative estimate of drug-likeness (QED) is 0.542. The number of carbonyl (C=O) groups excluding carboxylic acids is 2. The number of aryl methyl sites for hydroxylation is 1. The molecule has 1 amide bonds. The molecule has 0 aliphatic heterocycles. The average molecular weight is 456 g/mol. The molecule has 0 fully saturated rings. The van der Waals surface area contributed by atoms with E-state index in [0.29, 0.717) is 10.6 Å². The van der Waals surface area contributed by atoms with Crippen LogP contribution in [0.25, 0.3) is 10.8 Å². The zero-order chi connectivity index (χ0) is 21.0. The third-order valence-corrected chi connectivity index (χ3v) is 5.43. The van der Waals surface area contributed by atoms with Crippen LogP contribution in [-0.4, -0.2) is 27.8 Å². The summed E-state index contributed by atoms with van der Waals surface area (Å²) in [6, 6.07) is 8.35. The fraction of sp³-hybridized carbons (Fsp3) is 0.222. The van der Waals surface area contributed by atoms with Gasteiger partial charge in [-0.2, -0.15) is 4.68 Å². The number of rotatable bonds is 7. The van der Waals surface area contributed by atoms with E-state index in [4.69, 9.17) is 32.4 Å². The second-order valence-electron chi connectivity index (χ2n) is 5.85. The Bertz CT molecular complexity index is 1080. The van der Waals surface area contributed by atoms with Gasteiger partial charge in [-0.25, -0.2) is 4.79 Å². The highest BCUT2D eigenvalue weighted by atomic mass is 35.5. The molecule has 0 saturated carbocycles. The molecule has 2 heterocycles. The second kappa shape index (κ2) is 9.25. The fourth-order valence-corrected chi connectivity index (χ4v) is 3.28. The van der Waals surface area contributed by atoms with E-state index in [9.17, 15) is 14.4 Å². The van der Waals surface area contributed by atoms with Gasteiger partial charge in [0.2, 0.25) is 0 Å². The van der Waals surface area contributed by atoms with Crippen molar-refractivity contribution in [2.75, 3.05) is 5.32 Å². The summed E-state index contributed by atoms with van der Waals surface area (Å²) >= 11 is 13.3. The minimum atomic E-state index is -1.08. The maximum atomic E-state index is 12.2. The number of halogens is 2. The second-order valence-corrected chi connectivity index (χ2v) is 7.58. The molecule has 0 saturated heterocycles. The number of carbonyl (C=O) groups is 2. The number of amides is 1. The van der Waals surface area contributed by atoms with E-state index in [-0.39, 0.29) is 28.9 Å². The normalized spacial score (nSPS) is 11.8. The molecule has 3 aromatic rings. The van der Waals surface area contributed by atoms with Gasteiger partial charge in [0.05, 0.1) is 33.6 Å². The van der Waals surface area contributed by atoms with Crippen LogP contribution in [0.2, 0.25) is 10.0 Å². The maximum Gasteiger partial charge on any atom is 0.437 e. The number of hydrogen-bond donors (Lipinski definition) is 1. The van der Waals surface area contributed by atoms with E-state index >= 15 is 0 Å². The molecule has 0 aliphatic rings. The zero-order valence-electron chi connectivity index (χ0n) is 15.1. The number of nitrogens with one attached hydrogen (secondary N) is 1. The van der Waals surface area contributed by atoms with Crippen molar-refractivity contribution < 1.29 is 18.7 Å². The van der Waals surface area contributed by atoms with Gasteiger partial charge in [0.1, 0.15) is 0 Å². The van der Waals surface area contributed by atoms with Crippen LogP contribution < -0.4 is 11.1 Å². The third kappa shape index (κ3) is 5.26. The van der Waals surface area contributed by atoms with Crippen LogP contribution in [0.1, 0.15) is 13.3 Å². The SMILES string of the molecule is CC(OC(=O)CCn1nc(-c2cccs2)oc1=O)C(=O)Nc1cccc(Cl)c1Cl. The summed E-state index contributed by atoms with van der Waals surface area (Å²) in [5.41, 5.74) is 0.308. The Kier molecular flexibility index (Phi) is 6.73. The van der Waals surface area contributed by atoms with Crippen molar-refractivity contribution in [2.24, 2.45) is 0 Å². The summed E-state index contributed by atoms with van der Waals surface area (Å²) in [6.45, 7) is 1.38. The van der Waals surface area contributed by atoms with Gasteiger partial charge >= 0.3 is 11.7 Å². The first-order chi connectivity index (χ1) is 13.8. The number of anilines is 1. The molecule has 29 heavy (non-hydrogen) atoms. The standard InChI is InChI=1S/C18H15Cl2N3O5S/c1-10(16(25)21-12-5-2-4-11(19)15(12)20)27-14(24)7-8-23-18(26)28-17(22-23)13-6-3-9-29-13/h2-6,9-10H,7-8H2,1H3,(H,21,25). The average Bonchev–Trinajstić information content (AvgIpc) is 3.33. The molecule has 2 aromatic heterocycles. The van der Waals surface area contributed by atoms with Gasteiger partial charge in [-0.3, -0.25) is 9.59 Å². The van der Waals surface area contributed by atoms with Crippen molar-refractivity contribution in [3.05, 3.63) is 56.3 Å². The predicted octanol–water partition coefficient (Wildman–Crippen LogP) is 3.83. The van der Waals surface area contributed by atoms with Crippen LogP contribution >= 0.6 is 34.5 Å². The smallest absolute Gasteiger partial charge is 0.437 e. The Morgan fingerprint density at radius 2 is 2.10 bits per heavy atom. The van der Waals surface area contributed by atoms with Gasteiger partial charge in [-0.1, -0.05) is 35.3 Å². The van der Waals surface area contributed by atoms with E-state index in [0.717, 1.165) is 4.68 Å². The first kappa shape index (κ1) is 21.1. The maximum absolute atomic E-state index is 12.2. The molecule has 8 nitrogen and oxygen atoms in total. The predicted molar refractivity (Wildman–Crippen MR) is 109 cm³/mol. The van der Waals surface area contributed by atoms with Gasteiger partial charge in [0.15, 0.2) is 6.10 Å². The summed E-state index contributed by atoms with van der Waals surface area (Å²) in [5.74, 6) is -1.73. The Morgan fingerprint density at radius 3 is 2.83 bits per heavy atom. The molecule has 1 unspecified atom stereocenters. The molecule has 1 atom stereocenters. The molecular formula is C18H15Cl2N3O5S. The number of aromatic nitrogens is 2. The van der Waals surface area contributed by atoms with E-state index < -0.39 is 23.7 Å². The van der Waals surface area contributed by atoms with Crippen LogP contribution in [0.4, 0.5) is 5.69 Å². The van der Waals surface area contributed by atoms with Crippen molar-refractivity contribution in [3.63, 3.8) is 0 Å². The van der Waals surface area contributed by atoms with E-state index in [1.165, 1.54) is 18.3 Å². The van der Waals surface area contributed by atoms with Crippen LogP contribution in [-0.2, 0) is 20.9 Å². The van der Waals surface area contributed by atoms with Crippen molar-refractivity contribution in [3.8, 4) is 10.8 Å². The van der Waals surface area contributed by atoms with Gasteiger partial charge in [-0.05, 0) is 30.5 Å². The molecule has 11 heteroatoms. The Morgan fingerprint density at radius 1 is 1.31 bits per heavy atom. The minimum Gasteiger partial charge on any atom is -0.452 e. The Hall–Kier alpha value is -2.62. The lowest BCUT2D eigenvalue weighted by atomic mass is 10.3. The van der Waals surface area contributed by atoms with Crippen molar-refractivity contribution in [1.29, 1.82) is 0 Å². The summed E-state index contributed by atoms with van der Waals surface area (Å²) < 4.78 is 11.2. The monoisotopic (exact) mass is 455 g/mol. The molecule has 152 valence electrons. The van der Waals surface area contributed by atoms with Crippen molar-refractivity contribution in [2.45, 2.75) is 26.0 Å². The number of hydrogen-bond acceptors (Lipinski definition) is 7.